The maximum Gasteiger partial charge on any atom is 0.161 e. The van der Waals surface area contributed by atoms with Crippen LogP contribution in [0.15, 0.2) is 16.8 Å². The first kappa shape index (κ1) is 20.5. The van der Waals surface area contributed by atoms with Gasteiger partial charge < -0.3 is 23.7 Å². The summed E-state index contributed by atoms with van der Waals surface area (Å²) in [5, 5.41) is 4.08. The number of rotatable bonds is 13. The first-order valence-corrected chi connectivity index (χ1v) is 9.16. The fourth-order valence-corrected chi connectivity index (χ4v) is 2.59. The van der Waals surface area contributed by atoms with E-state index in [1.165, 1.54) is 0 Å². The summed E-state index contributed by atoms with van der Waals surface area (Å²) in [5.74, 6) is 0. The molecular formula is C17H30O5S. The van der Waals surface area contributed by atoms with E-state index in [1.54, 1.807) is 11.3 Å². The lowest BCUT2D eigenvalue weighted by Crippen LogP contribution is -2.29. The SMILES string of the molecule is CCCCOC(C)OC(C)OC(C)OC(C)OCc1ccsc1. The van der Waals surface area contributed by atoms with Crippen molar-refractivity contribution in [3.05, 3.63) is 22.4 Å². The molecule has 0 saturated carbocycles. The van der Waals surface area contributed by atoms with E-state index >= 15 is 0 Å². The molecule has 0 spiro atoms. The molecule has 1 aromatic rings. The van der Waals surface area contributed by atoms with Crippen molar-refractivity contribution < 1.29 is 23.7 Å². The molecule has 1 heterocycles. The van der Waals surface area contributed by atoms with Gasteiger partial charge in [0.25, 0.3) is 0 Å². The van der Waals surface area contributed by atoms with Gasteiger partial charge in [-0.3, -0.25) is 0 Å². The van der Waals surface area contributed by atoms with E-state index in [0.29, 0.717) is 13.2 Å². The highest BCUT2D eigenvalue weighted by Crippen LogP contribution is 2.12. The van der Waals surface area contributed by atoms with Crippen LogP contribution in [0, 0.1) is 0 Å². The minimum absolute atomic E-state index is 0.295. The number of thiophene rings is 1. The van der Waals surface area contributed by atoms with E-state index in [1.807, 2.05) is 39.1 Å². The molecule has 23 heavy (non-hydrogen) atoms. The van der Waals surface area contributed by atoms with Gasteiger partial charge in [0.2, 0.25) is 0 Å². The topological polar surface area (TPSA) is 46.2 Å². The predicted octanol–water partition coefficient (Wildman–Crippen LogP) is 4.52. The van der Waals surface area contributed by atoms with Crippen LogP contribution < -0.4 is 0 Å². The van der Waals surface area contributed by atoms with Crippen molar-refractivity contribution in [3.63, 3.8) is 0 Å². The van der Waals surface area contributed by atoms with Gasteiger partial charge in [-0.1, -0.05) is 13.3 Å². The highest BCUT2D eigenvalue weighted by atomic mass is 32.1. The molecule has 0 N–H and O–H groups in total. The van der Waals surface area contributed by atoms with Crippen LogP contribution in [0.4, 0.5) is 0 Å². The minimum atomic E-state index is -0.426. The Morgan fingerprint density at radius 2 is 1.52 bits per heavy atom. The van der Waals surface area contributed by atoms with E-state index in [2.05, 4.69) is 12.3 Å². The molecule has 1 aromatic heterocycles. The van der Waals surface area contributed by atoms with Gasteiger partial charge in [-0.25, -0.2) is 0 Å². The van der Waals surface area contributed by atoms with E-state index in [4.69, 9.17) is 23.7 Å². The highest BCUT2D eigenvalue weighted by molar-refractivity contribution is 7.07. The zero-order valence-electron chi connectivity index (χ0n) is 14.8. The fourth-order valence-electron chi connectivity index (χ4n) is 1.93. The molecule has 0 aliphatic rings. The van der Waals surface area contributed by atoms with Gasteiger partial charge in [0.1, 0.15) is 0 Å². The Labute approximate surface area is 143 Å². The minimum Gasteiger partial charge on any atom is -0.353 e. The smallest absolute Gasteiger partial charge is 0.161 e. The van der Waals surface area contributed by atoms with Gasteiger partial charge in [0, 0.05) is 6.61 Å². The normalized spacial score (nSPS) is 16.9. The Bertz CT molecular complexity index is 384. The standard InChI is InChI=1S/C17H30O5S/c1-6-7-9-18-13(2)20-15(4)22-16(5)21-14(3)19-11-17-8-10-23-12-17/h8,10,12-16H,6-7,9,11H2,1-5H3. The molecule has 0 bridgehead atoms. The van der Waals surface area contributed by atoms with Gasteiger partial charge in [-0.05, 0) is 56.5 Å². The van der Waals surface area contributed by atoms with E-state index < -0.39 is 12.6 Å². The lowest BCUT2D eigenvalue weighted by molar-refractivity contribution is -0.307. The number of hydrogen-bond acceptors (Lipinski definition) is 6. The molecule has 0 aliphatic carbocycles. The van der Waals surface area contributed by atoms with Crippen LogP contribution in [-0.4, -0.2) is 31.8 Å². The molecule has 4 atom stereocenters. The molecule has 6 heteroatoms. The second kappa shape index (κ2) is 11.9. The average Bonchev–Trinajstić information content (AvgIpc) is 2.98. The van der Waals surface area contributed by atoms with Crippen LogP contribution in [0.1, 0.15) is 53.0 Å². The zero-order chi connectivity index (χ0) is 17.1. The molecule has 0 aliphatic heterocycles. The van der Waals surface area contributed by atoms with Crippen LogP contribution in [0.2, 0.25) is 0 Å². The second-order valence-corrected chi connectivity index (χ2v) is 6.13. The third kappa shape index (κ3) is 10.1. The Kier molecular flexibility index (Phi) is 10.7. The summed E-state index contributed by atoms with van der Waals surface area (Å²) >= 11 is 1.65. The fraction of sp³-hybridized carbons (Fsp3) is 0.765. The summed E-state index contributed by atoms with van der Waals surface area (Å²) < 4.78 is 28.0. The Morgan fingerprint density at radius 1 is 0.913 bits per heavy atom. The van der Waals surface area contributed by atoms with Crippen LogP contribution in [-0.2, 0) is 30.3 Å². The summed E-state index contributed by atoms with van der Waals surface area (Å²) in [4.78, 5) is 0. The summed E-state index contributed by atoms with van der Waals surface area (Å²) in [5.41, 5.74) is 1.15. The van der Waals surface area contributed by atoms with Gasteiger partial charge in [0.05, 0.1) is 6.61 Å². The molecule has 134 valence electrons. The highest BCUT2D eigenvalue weighted by Gasteiger charge is 2.15. The van der Waals surface area contributed by atoms with Crippen LogP contribution in [0.25, 0.3) is 0 Å². The van der Waals surface area contributed by atoms with E-state index in [-0.39, 0.29) is 12.6 Å². The molecule has 0 aromatic carbocycles. The summed E-state index contributed by atoms with van der Waals surface area (Å²) in [7, 11) is 0. The summed E-state index contributed by atoms with van der Waals surface area (Å²) in [6.07, 6.45) is 0.649. The van der Waals surface area contributed by atoms with Crippen molar-refractivity contribution >= 4 is 11.3 Å². The van der Waals surface area contributed by atoms with Gasteiger partial charge in [0.15, 0.2) is 25.2 Å². The third-order valence-electron chi connectivity index (χ3n) is 3.07. The molecule has 4 unspecified atom stereocenters. The van der Waals surface area contributed by atoms with Crippen molar-refractivity contribution in [2.45, 2.75) is 79.2 Å². The van der Waals surface area contributed by atoms with Gasteiger partial charge in [-0.2, -0.15) is 11.3 Å². The van der Waals surface area contributed by atoms with Crippen molar-refractivity contribution in [1.82, 2.24) is 0 Å². The van der Waals surface area contributed by atoms with Crippen molar-refractivity contribution in [2.75, 3.05) is 6.61 Å². The van der Waals surface area contributed by atoms with E-state index in [9.17, 15) is 0 Å². The van der Waals surface area contributed by atoms with Crippen LogP contribution in [0.5, 0.6) is 0 Å². The first-order valence-electron chi connectivity index (χ1n) is 8.22. The Morgan fingerprint density at radius 3 is 2.09 bits per heavy atom. The first-order chi connectivity index (χ1) is 11.0. The molecule has 0 saturated heterocycles. The van der Waals surface area contributed by atoms with Crippen molar-refractivity contribution in [2.24, 2.45) is 0 Å². The predicted molar refractivity (Wildman–Crippen MR) is 91.1 cm³/mol. The van der Waals surface area contributed by atoms with Crippen molar-refractivity contribution in [3.8, 4) is 0 Å². The lowest BCUT2D eigenvalue weighted by atomic mass is 10.4. The number of ether oxygens (including phenoxy) is 5. The lowest BCUT2D eigenvalue weighted by Gasteiger charge is -2.25. The molecule has 0 radical (unpaired) electrons. The summed E-state index contributed by atoms with van der Waals surface area (Å²) in [6, 6.07) is 2.03. The average molecular weight is 346 g/mol. The molecule has 0 fully saturated rings. The molecule has 5 nitrogen and oxygen atoms in total. The zero-order valence-corrected chi connectivity index (χ0v) is 15.6. The molecular weight excluding hydrogens is 316 g/mol. The third-order valence-corrected chi connectivity index (χ3v) is 3.80. The summed E-state index contributed by atoms with van der Waals surface area (Å²) in [6.45, 7) is 10.7. The number of unbranched alkanes of at least 4 members (excludes halogenated alkanes) is 1. The van der Waals surface area contributed by atoms with Crippen molar-refractivity contribution in [1.29, 1.82) is 0 Å². The number of hydrogen-bond donors (Lipinski definition) is 0. The Balaban J connectivity index is 2.14. The maximum absolute atomic E-state index is 5.64. The molecule has 0 amide bonds. The monoisotopic (exact) mass is 346 g/mol. The van der Waals surface area contributed by atoms with Gasteiger partial charge in [-0.15, -0.1) is 0 Å². The maximum atomic E-state index is 5.64. The largest absolute Gasteiger partial charge is 0.353 e. The molecule has 1 rings (SSSR count). The van der Waals surface area contributed by atoms with Gasteiger partial charge >= 0.3 is 0 Å². The van der Waals surface area contributed by atoms with Crippen LogP contribution in [0.3, 0.4) is 0 Å². The van der Waals surface area contributed by atoms with Crippen LogP contribution >= 0.6 is 11.3 Å². The Hall–Kier alpha value is -0.500. The second-order valence-electron chi connectivity index (χ2n) is 5.35. The van der Waals surface area contributed by atoms with E-state index in [0.717, 1.165) is 18.4 Å². The quantitative estimate of drug-likeness (QED) is 0.388.